The van der Waals surface area contributed by atoms with E-state index in [-0.39, 0.29) is 12.2 Å². The molecule has 0 aliphatic rings. The van der Waals surface area contributed by atoms with Crippen LogP contribution in [0.4, 0.5) is 0 Å². The van der Waals surface area contributed by atoms with Crippen molar-refractivity contribution in [2.24, 2.45) is 0 Å². The first-order valence-electron chi connectivity index (χ1n) is 7.49. The van der Waals surface area contributed by atoms with Crippen LogP contribution >= 0.6 is 22.9 Å². The van der Waals surface area contributed by atoms with Crippen LogP contribution in [0.3, 0.4) is 0 Å². The highest BCUT2D eigenvalue weighted by Gasteiger charge is 2.18. The van der Waals surface area contributed by atoms with Crippen LogP contribution in [0.5, 0.6) is 5.75 Å². The smallest absolute Gasteiger partial charge is 0.347 e. The molecule has 0 saturated carbocycles. The van der Waals surface area contributed by atoms with Gasteiger partial charge in [-0.15, -0.1) is 11.3 Å². The number of rotatable bonds is 5. The normalized spacial score (nSPS) is 12.1. The number of hydrogen-bond donors (Lipinski definition) is 0. The molecule has 1 atom stereocenters. The second-order valence-electron chi connectivity index (χ2n) is 5.42. The molecule has 2 aromatic heterocycles. The summed E-state index contributed by atoms with van der Waals surface area (Å²) in [4.78, 5) is 28.9. The summed E-state index contributed by atoms with van der Waals surface area (Å²) in [5.74, 6) is 0.0211. The molecule has 3 rings (SSSR count). The maximum atomic E-state index is 12.1. The van der Waals surface area contributed by atoms with E-state index in [1.807, 2.05) is 6.92 Å². The number of hydrogen-bond acceptors (Lipinski definition) is 6. The minimum absolute atomic E-state index is 0.0875. The van der Waals surface area contributed by atoms with E-state index in [0.29, 0.717) is 21.4 Å². The lowest BCUT2D eigenvalue weighted by atomic mass is 10.2. The summed E-state index contributed by atoms with van der Waals surface area (Å²) in [6.45, 7) is 3.35. The van der Waals surface area contributed by atoms with Crippen molar-refractivity contribution in [3.05, 3.63) is 62.5 Å². The van der Waals surface area contributed by atoms with Crippen molar-refractivity contribution in [2.45, 2.75) is 26.6 Å². The third-order valence-electron chi connectivity index (χ3n) is 3.49. The van der Waals surface area contributed by atoms with Gasteiger partial charge < -0.3 is 9.47 Å². The van der Waals surface area contributed by atoms with Crippen molar-refractivity contribution in [1.82, 2.24) is 9.38 Å². The summed E-state index contributed by atoms with van der Waals surface area (Å²) >= 11 is 7.24. The van der Waals surface area contributed by atoms with Crippen molar-refractivity contribution in [3.63, 3.8) is 0 Å². The van der Waals surface area contributed by atoms with Crippen molar-refractivity contribution in [2.75, 3.05) is 0 Å². The lowest BCUT2D eigenvalue weighted by Gasteiger charge is -2.15. The van der Waals surface area contributed by atoms with Gasteiger partial charge in [0.25, 0.3) is 5.56 Å². The lowest BCUT2D eigenvalue weighted by molar-refractivity contribution is -0.152. The number of fused-ring (bicyclic) bond motifs is 1. The number of halogens is 1. The van der Waals surface area contributed by atoms with Gasteiger partial charge in [0.1, 0.15) is 12.4 Å². The van der Waals surface area contributed by atoms with Gasteiger partial charge in [0, 0.05) is 22.7 Å². The van der Waals surface area contributed by atoms with Crippen LogP contribution in [0.15, 0.2) is 40.6 Å². The van der Waals surface area contributed by atoms with E-state index >= 15 is 0 Å². The van der Waals surface area contributed by atoms with Crippen LogP contribution in [0.2, 0.25) is 5.02 Å². The van der Waals surface area contributed by atoms with Crippen LogP contribution in [0.25, 0.3) is 4.96 Å². The number of carbonyl (C=O) groups excluding carboxylic acids is 1. The molecule has 0 amide bonds. The maximum Gasteiger partial charge on any atom is 0.347 e. The summed E-state index contributed by atoms with van der Waals surface area (Å²) in [5.41, 5.74) is 1.01. The largest absolute Gasteiger partial charge is 0.479 e. The third-order valence-corrected chi connectivity index (χ3v) is 4.48. The van der Waals surface area contributed by atoms with E-state index < -0.39 is 12.1 Å². The van der Waals surface area contributed by atoms with Crippen LogP contribution in [0.1, 0.15) is 18.2 Å². The SMILES string of the molecule is Cc1cc(Cl)ccc1OC(C)C(=O)OCc1cc(=O)n2ccsc2n1. The van der Waals surface area contributed by atoms with Gasteiger partial charge in [0.15, 0.2) is 11.1 Å². The van der Waals surface area contributed by atoms with Crippen LogP contribution in [0, 0.1) is 6.92 Å². The van der Waals surface area contributed by atoms with Crippen molar-refractivity contribution in [3.8, 4) is 5.75 Å². The molecule has 0 N–H and O–H groups in total. The fourth-order valence-electron chi connectivity index (χ4n) is 2.21. The minimum atomic E-state index is -0.800. The molecule has 0 aliphatic carbocycles. The van der Waals surface area contributed by atoms with E-state index in [4.69, 9.17) is 21.1 Å². The molecule has 0 spiro atoms. The first-order chi connectivity index (χ1) is 11.9. The molecular formula is C17H15ClN2O4S. The summed E-state index contributed by atoms with van der Waals surface area (Å²) in [6, 6.07) is 6.49. The highest BCUT2D eigenvalue weighted by atomic mass is 35.5. The molecule has 2 heterocycles. The fourth-order valence-corrected chi connectivity index (χ4v) is 3.17. The number of esters is 1. The molecule has 0 bridgehead atoms. The molecule has 8 heteroatoms. The Hall–Kier alpha value is -2.38. The number of thiazole rings is 1. The molecule has 1 unspecified atom stereocenters. The standard InChI is InChI=1S/C17H15ClN2O4S/c1-10-7-12(18)3-4-14(10)24-11(2)16(22)23-9-13-8-15(21)20-5-6-25-17(20)19-13/h3-8,11H,9H2,1-2H3. The molecule has 25 heavy (non-hydrogen) atoms. The Bertz CT molecular complexity index is 982. The first-order valence-corrected chi connectivity index (χ1v) is 8.75. The summed E-state index contributed by atoms with van der Waals surface area (Å²) in [6.07, 6.45) is 0.849. The zero-order valence-corrected chi connectivity index (χ0v) is 15.1. The highest BCUT2D eigenvalue weighted by molar-refractivity contribution is 7.15. The Morgan fingerprint density at radius 1 is 1.40 bits per heavy atom. The monoisotopic (exact) mass is 378 g/mol. The molecule has 1 aromatic carbocycles. The number of benzene rings is 1. The molecule has 6 nitrogen and oxygen atoms in total. The quantitative estimate of drug-likeness (QED) is 0.637. The van der Waals surface area contributed by atoms with Gasteiger partial charge in [-0.05, 0) is 37.6 Å². The zero-order valence-electron chi connectivity index (χ0n) is 13.6. The average molecular weight is 379 g/mol. The van der Waals surface area contributed by atoms with Gasteiger partial charge in [-0.25, -0.2) is 9.78 Å². The fraction of sp³-hybridized carbons (Fsp3) is 0.235. The summed E-state index contributed by atoms with van der Waals surface area (Å²) in [5, 5.41) is 2.37. The van der Waals surface area contributed by atoms with Gasteiger partial charge in [0.2, 0.25) is 0 Å². The van der Waals surface area contributed by atoms with E-state index in [0.717, 1.165) is 5.56 Å². The molecule has 0 saturated heterocycles. The van der Waals surface area contributed by atoms with Crippen molar-refractivity contribution < 1.29 is 14.3 Å². The molecule has 130 valence electrons. The van der Waals surface area contributed by atoms with E-state index in [1.54, 1.807) is 36.7 Å². The topological polar surface area (TPSA) is 69.9 Å². The Morgan fingerprint density at radius 3 is 2.96 bits per heavy atom. The second-order valence-corrected chi connectivity index (χ2v) is 6.73. The van der Waals surface area contributed by atoms with E-state index in [2.05, 4.69) is 4.98 Å². The molecule has 3 aromatic rings. The molecular weight excluding hydrogens is 364 g/mol. The predicted octanol–water partition coefficient (Wildman–Crippen LogP) is 3.23. The average Bonchev–Trinajstić information content (AvgIpc) is 3.04. The third kappa shape index (κ3) is 4.00. The highest BCUT2D eigenvalue weighted by Crippen LogP contribution is 2.23. The van der Waals surface area contributed by atoms with Gasteiger partial charge in [-0.2, -0.15) is 0 Å². The van der Waals surface area contributed by atoms with Crippen LogP contribution in [-0.2, 0) is 16.1 Å². The molecule has 0 fully saturated rings. The first kappa shape index (κ1) is 17.4. The van der Waals surface area contributed by atoms with Gasteiger partial charge in [-0.3, -0.25) is 9.20 Å². The van der Waals surface area contributed by atoms with Crippen LogP contribution < -0.4 is 10.3 Å². The molecule has 0 radical (unpaired) electrons. The number of carbonyl (C=O) groups is 1. The van der Waals surface area contributed by atoms with E-state index in [1.165, 1.54) is 21.8 Å². The Labute approximate surface area is 152 Å². The predicted molar refractivity (Wildman–Crippen MR) is 95.4 cm³/mol. The Balaban J connectivity index is 1.63. The second kappa shape index (κ2) is 7.25. The van der Waals surface area contributed by atoms with Gasteiger partial charge in [-0.1, -0.05) is 11.6 Å². The van der Waals surface area contributed by atoms with E-state index in [9.17, 15) is 9.59 Å². The van der Waals surface area contributed by atoms with Crippen molar-refractivity contribution in [1.29, 1.82) is 0 Å². The maximum absolute atomic E-state index is 12.1. The van der Waals surface area contributed by atoms with Crippen LogP contribution in [-0.4, -0.2) is 21.5 Å². The number of ether oxygens (including phenoxy) is 2. The zero-order chi connectivity index (χ0) is 18.0. The lowest BCUT2D eigenvalue weighted by Crippen LogP contribution is -2.26. The van der Waals surface area contributed by atoms with Gasteiger partial charge in [0.05, 0.1) is 5.69 Å². The number of nitrogens with zero attached hydrogens (tertiary/aromatic N) is 2. The Morgan fingerprint density at radius 2 is 2.20 bits per heavy atom. The number of aromatic nitrogens is 2. The minimum Gasteiger partial charge on any atom is -0.479 e. The summed E-state index contributed by atoms with van der Waals surface area (Å²) in [7, 11) is 0. The van der Waals surface area contributed by atoms with Gasteiger partial charge >= 0.3 is 5.97 Å². The Kier molecular flexibility index (Phi) is 5.06. The molecule has 0 aliphatic heterocycles. The summed E-state index contributed by atoms with van der Waals surface area (Å²) < 4.78 is 12.3. The number of aryl methyl sites for hydroxylation is 1. The van der Waals surface area contributed by atoms with Crippen molar-refractivity contribution >= 4 is 33.9 Å².